The normalized spacial score (nSPS) is 19.2. The molecule has 164 valence electrons. The number of benzene rings is 1. The van der Waals surface area contributed by atoms with Crippen LogP contribution < -0.4 is 15.4 Å². The van der Waals surface area contributed by atoms with Crippen LogP contribution in [-0.2, 0) is 14.4 Å². The minimum absolute atomic E-state index is 0. The highest BCUT2D eigenvalue weighted by Gasteiger charge is 2.27. The van der Waals surface area contributed by atoms with E-state index >= 15 is 0 Å². The first kappa shape index (κ1) is 25.5. The van der Waals surface area contributed by atoms with Crippen LogP contribution in [0.25, 0.3) is 0 Å². The van der Waals surface area contributed by atoms with E-state index in [0.717, 1.165) is 26.2 Å². The Bertz CT molecular complexity index is 597. The van der Waals surface area contributed by atoms with Gasteiger partial charge >= 0.3 is 5.97 Å². The van der Waals surface area contributed by atoms with Crippen molar-refractivity contribution in [3.8, 4) is 5.75 Å². The second-order valence-electron chi connectivity index (χ2n) is 6.82. The van der Waals surface area contributed by atoms with Crippen molar-refractivity contribution < 1.29 is 19.2 Å². The van der Waals surface area contributed by atoms with Crippen LogP contribution in [0.15, 0.2) is 30.3 Å². The van der Waals surface area contributed by atoms with Crippen LogP contribution in [0.3, 0.4) is 0 Å². The molecule has 0 aliphatic carbocycles. The van der Waals surface area contributed by atoms with E-state index < -0.39 is 12.2 Å². The largest absolute Gasteiger partial charge is 0.470 e. The third kappa shape index (κ3) is 8.36. The number of halogens is 2. The fourth-order valence-electron chi connectivity index (χ4n) is 3.54. The minimum atomic E-state index is -0.756. The Hall–Kier alpha value is -1.58. The van der Waals surface area contributed by atoms with Crippen LogP contribution in [0.1, 0.15) is 19.3 Å². The number of nitrogens with zero attached hydrogens (tertiary/aromatic N) is 2. The Morgan fingerprint density at radius 1 is 1.14 bits per heavy atom. The Morgan fingerprint density at radius 2 is 1.79 bits per heavy atom. The van der Waals surface area contributed by atoms with E-state index in [4.69, 9.17) is 9.57 Å². The number of carbonyl (C=O) groups excluding carboxylic acids is 2. The van der Waals surface area contributed by atoms with Gasteiger partial charge in [-0.05, 0) is 38.1 Å². The van der Waals surface area contributed by atoms with Gasteiger partial charge in [-0.15, -0.1) is 29.9 Å². The summed E-state index contributed by atoms with van der Waals surface area (Å²) in [7, 11) is 0. The quantitative estimate of drug-likeness (QED) is 0.456. The number of nitrogens with one attached hydrogen (secondary N) is 2. The highest BCUT2D eigenvalue weighted by molar-refractivity contribution is 5.85. The molecule has 0 saturated carbocycles. The fraction of sp³-hybridized carbons (Fsp3) is 0.579. The van der Waals surface area contributed by atoms with E-state index in [1.165, 1.54) is 12.8 Å². The van der Waals surface area contributed by atoms with E-state index in [9.17, 15) is 9.59 Å². The van der Waals surface area contributed by atoms with Crippen molar-refractivity contribution in [2.24, 2.45) is 0 Å². The molecule has 0 aromatic heterocycles. The number of hydroxylamine groups is 2. The molecule has 1 amide bonds. The summed E-state index contributed by atoms with van der Waals surface area (Å²) >= 11 is 0. The number of amides is 1. The molecule has 2 N–H and O–H groups in total. The zero-order chi connectivity index (χ0) is 18.9. The van der Waals surface area contributed by atoms with Gasteiger partial charge in [-0.1, -0.05) is 18.2 Å². The van der Waals surface area contributed by atoms with Gasteiger partial charge in [-0.2, -0.15) is 0 Å². The van der Waals surface area contributed by atoms with E-state index in [0.29, 0.717) is 31.3 Å². The predicted molar refractivity (Wildman–Crippen MR) is 114 cm³/mol. The van der Waals surface area contributed by atoms with Crippen LogP contribution in [0, 0.1) is 0 Å². The average Bonchev–Trinajstić information content (AvgIpc) is 2.70. The first-order valence-electron chi connectivity index (χ1n) is 9.56. The van der Waals surface area contributed by atoms with Crippen LogP contribution in [0.2, 0.25) is 0 Å². The lowest BCUT2D eigenvalue weighted by molar-refractivity contribution is -0.200. The standard InChI is InChI=1S/C19H28N4O4.2ClH/c24-15-21-18(26-17-4-2-1-3-5-17)14-19(25)27-23-12-10-22(11-13-23)16-6-8-20-9-7-16;;/h1-5,15-16,18,20H,6-14H2,(H,21,24);2*1H. The molecule has 2 heterocycles. The lowest BCUT2D eigenvalue weighted by atomic mass is 10.0. The third-order valence-corrected chi connectivity index (χ3v) is 4.96. The Balaban J connectivity index is 0.00000210. The highest BCUT2D eigenvalue weighted by atomic mass is 35.5. The van der Waals surface area contributed by atoms with Gasteiger partial charge in [0.2, 0.25) is 6.41 Å². The van der Waals surface area contributed by atoms with E-state index in [2.05, 4.69) is 15.5 Å². The average molecular weight is 449 g/mol. The summed E-state index contributed by atoms with van der Waals surface area (Å²) in [6.07, 6.45) is 2.07. The zero-order valence-corrected chi connectivity index (χ0v) is 18.0. The number of piperazine rings is 1. The molecule has 1 atom stereocenters. The number of piperidine rings is 1. The van der Waals surface area contributed by atoms with Crippen molar-refractivity contribution in [3.63, 3.8) is 0 Å². The van der Waals surface area contributed by atoms with Gasteiger partial charge in [0, 0.05) is 32.2 Å². The maximum absolute atomic E-state index is 12.2. The smallest absolute Gasteiger partial charge is 0.330 e. The zero-order valence-electron chi connectivity index (χ0n) is 16.3. The number of hydrogen-bond acceptors (Lipinski definition) is 7. The topological polar surface area (TPSA) is 83.1 Å². The number of para-hydroxylation sites is 1. The SMILES string of the molecule is Cl.Cl.O=CNC(CC(=O)ON1CCN(C2CCNCC2)CC1)Oc1ccccc1. The number of carbonyl (C=O) groups is 2. The van der Waals surface area contributed by atoms with Crippen LogP contribution >= 0.6 is 24.8 Å². The van der Waals surface area contributed by atoms with Gasteiger partial charge in [-0.25, -0.2) is 0 Å². The molecule has 3 rings (SSSR count). The third-order valence-electron chi connectivity index (χ3n) is 4.96. The molecule has 2 aliphatic heterocycles. The molecule has 1 aromatic rings. The summed E-state index contributed by atoms with van der Waals surface area (Å²) in [6, 6.07) is 9.69. The second-order valence-corrected chi connectivity index (χ2v) is 6.82. The summed E-state index contributed by atoms with van der Waals surface area (Å²) in [5.74, 6) is 0.167. The fourth-order valence-corrected chi connectivity index (χ4v) is 3.54. The molecular formula is C19H30Cl2N4O4. The first-order valence-corrected chi connectivity index (χ1v) is 9.56. The van der Waals surface area contributed by atoms with Crippen LogP contribution in [0.4, 0.5) is 0 Å². The van der Waals surface area contributed by atoms with Crippen molar-refractivity contribution in [2.75, 3.05) is 39.3 Å². The summed E-state index contributed by atoms with van der Waals surface area (Å²) in [6.45, 7) is 5.34. The molecule has 2 fully saturated rings. The lowest BCUT2D eigenvalue weighted by Gasteiger charge is -2.39. The molecule has 0 radical (unpaired) electrons. The highest BCUT2D eigenvalue weighted by Crippen LogP contribution is 2.15. The summed E-state index contributed by atoms with van der Waals surface area (Å²) in [5, 5.41) is 7.61. The second kappa shape index (κ2) is 13.6. The van der Waals surface area contributed by atoms with Crippen molar-refractivity contribution >= 4 is 37.2 Å². The van der Waals surface area contributed by atoms with Crippen molar-refractivity contribution in [1.29, 1.82) is 0 Å². The molecule has 29 heavy (non-hydrogen) atoms. The van der Waals surface area contributed by atoms with Gasteiger partial charge in [0.05, 0.1) is 0 Å². The molecule has 1 unspecified atom stereocenters. The minimum Gasteiger partial charge on any atom is -0.470 e. The summed E-state index contributed by atoms with van der Waals surface area (Å²) in [4.78, 5) is 31.0. The Labute approximate surface area is 184 Å². The van der Waals surface area contributed by atoms with Gasteiger partial charge in [-0.3, -0.25) is 14.5 Å². The monoisotopic (exact) mass is 448 g/mol. The van der Waals surface area contributed by atoms with Crippen LogP contribution in [-0.4, -0.2) is 73.9 Å². The molecule has 8 nitrogen and oxygen atoms in total. The maximum Gasteiger partial charge on any atom is 0.330 e. The van der Waals surface area contributed by atoms with Crippen molar-refractivity contribution in [3.05, 3.63) is 30.3 Å². The number of rotatable bonds is 8. The summed E-state index contributed by atoms with van der Waals surface area (Å²) in [5.41, 5.74) is 0. The lowest BCUT2D eigenvalue weighted by Crippen LogP contribution is -2.53. The van der Waals surface area contributed by atoms with Gasteiger partial charge < -0.3 is 20.2 Å². The predicted octanol–water partition coefficient (Wildman–Crippen LogP) is 1.20. The van der Waals surface area contributed by atoms with E-state index in [1.54, 1.807) is 17.2 Å². The Kier molecular flexibility index (Phi) is 11.9. The number of ether oxygens (including phenoxy) is 1. The van der Waals surface area contributed by atoms with Crippen molar-refractivity contribution in [1.82, 2.24) is 20.6 Å². The van der Waals surface area contributed by atoms with Gasteiger partial charge in [0.1, 0.15) is 12.2 Å². The van der Waals surface area contributed by atoms with E-state index in [-0.39, 0.29) is 31.2 Å². The molecule has 2 saturated heterocycles. The molecular weight excluding hydrogens is 419 g/mol. The van der Waals surface area contributed by atoms with Crippen molar-refractivity contribution in [2.45, 2.75) is 31.5 Å². The van der Waals surface area contributed by atoms with E-state index in [1.807, 2.05) is 18.2 Å². The van der Waals surface area contributed by atoms with Gasteiger partial charge in [0.25, 0.3) is 0 Å². The van der Waals surface area contributed by atoms with Crippen LogP contribution in [0.5, 0.6) is 5.75 Å². The molecule has 10 heteroatoms. The summed E-state index contributed by atoms with van der Waals surface area (Å²) < 4.78 is 5.64. The molecule has 0 spiro atoms. The molecule has 1 aromatic carbocycles. The Morgan fingerprint density at radius 3 is 2.41 bits per heavy atom. The molecule has 2 aliphatic rings. The maximum atomic E-state index is 12.2. The molecule has 0 bridgehead atoms. The van der Waals surface area contributed by atoms with Gasteiger partial charge in [0.15, 0.2) is 6.23 Å². The first-order chi connectivity index (χ1) is 13.2. The number of hydrogen-bond donors (Lipinski definition) is 2.